The molecule has 0 saturated carbocycles. The summed E-state index contributed by atoms with van der Waals surface area (Å²) < 4.78 is 0. The molecule has 1 aromatic carbocycles. The first kappa shape index (κ1) is 15.4. The van der Waals surface area contributed by atoms with Crippen molar-refractivity contribution in [3.63, 3.8) is 0 Å². The quantitative estimate of drug-likeness (QED) is 0.761. The number of hydrogen-bond donors (Lipinski definition) is 0. The van der Waals surface area contributed by atoms with Gasteiger partial charge in [-0.3, -0.25) is 4.79 Å². The van der Waals surface area contributed by atoms with E-state index in [-0.39, 0.29) is 5.91 Å². The highest BCUT2D eigenvalue weighted by Gasteiger charge is 2.30. The second kappa shape index (κ2) is 6.62. The number of benzene rings is 1. The van der Waals surface area contributed by atoms with Gasteiger partial charge in [-0.05, 0) is 57.6 Å². The van der Waals surface area contributed by atoms with Gasteiger partial charge in [-0.1, -0.05) is 17.7 Å². The summed E-state index contributed by atoms with van der Waals surface area (Å²) in [4.78, 5) is 14.9. The van der Waals surface area contributed by atoms with Crippen molar-refractivity contribution in [1.82, 2.24) is 4.90 Å². The van der Waals surface area contributed by atoms with Crippen LogP contribution in [-0.2, 0) is 0 Å². The fourth-order valence-corrected chi connectivity index (χ4v) is 3.53. The van der Waals surface area contributed by atoms with Crippen LogP contribution < -0.4 is 0 Å². The predicted octanol–water partition coefficient (Wildman–Crippen LogP) is 4.24. The fourth-order valence-electron chi connectivity index (χ4n) is 3.38. The number of hydrogen-bond acceptors (Lipinski definition) is 1. The lowest BCUT2D eigenvalue weighted by molar-refractivity contribution is 0.0728. The molecule has 1 aliphatic rings. The van der Waals surface area contributed by atoms with Crippen molar-refractivity contribution in [1.29, 1.82) is 0 Å². The van der Waals surface area contributed by atoms with Crippen LogP contribution in [0, 0.1) is 20.8 Å². The van der Waals surface area contributed by atoms with E-state index < -0.39 is 0 Å². The van der Waals surface area contributed by atoms with Gasteiger partial charge in [0.2, 0.25) is 0 Å². The first-order chi connectivity index (χ1) is 9.54. The average molecular weight is 294 g/mol. The smallest absolute Gasteiger partial charge is 0.254 e. The predicted molar refractivity (Wildman–Crippen MR) is 84.7 cm³/mol. The van der Waals surface area contributed by atoms with Gasteiger partial charge < -0.3 is 4.90 Å². The van der Waals surface area contributed by atoms with Crippen molar-refractivity contribution < 1.29 is 4.79 Å². The van der Waals surface area contributed by atoms with Gasteiger partial charge in [0.15, 0.2) is 0 Å². The first-order valence-corrected chi connectivity index (χ1v) is 8.03. The molecule has 20 heavy (non-hydrogen) atoms. The van der Waals surface area contributed by atoms with E-state index in [1.807, 2.05) is 13.8 Å². The molecule has 1 heterocycles. The van der Waals surface area contributed by atoms with Crippen LogP contribution in [0.1, 0.15) is 52.7 Å². The summed E-state index contributed by atoms with van der Waals surface area (Å²) in [5, 5.41) is 0. The van der Waals surface area contributed by atoms with E-state index >= 15 is 0 Å². The Labute approximate surface area is 127 Å². The molecule has 1 aromatic rings. The number of rotatable bonds is 4. The van der Waals surface area contributed by atoms with Crippen LogP contribution in [0.15, 0.2) is 12.1 Å². The third-order valence-electron chi connectivity index (χ3n) is 4.20. The van der Waals surface area contributed by atoms with E-state index in [9.17, 15) is 4.79 Å². The Morgan fingerprint density at radius 1 is 1.30 bits per heavy atom. The minimum Gasteiger partial charge on any atom is -0.336 e. The SMILES string of the molecule is Cc1cc(C)c(C(=O)N2CCCC2CCCCl)c(C)c1. The Bertz CT molecular complexity index is 475. The summed E-state index contributed by atoms with van der Waals surface area (Å²) in [5.41, 5.74) is 4.30. The summed E-state index contributed by atoms with van der Waals surface area (Å²) in [6.07, 6.45) is 4.25. The van der Waals surface area contributed by atoms with Gasteiger partial charge in [-0.2, -0.15) is 0 Å². The monoisotopic (exact) mass is 293 g/mol. The summed E-state index contributed by atoms with van der Waals surface area (Å²) in [7, 11) is 0. The number of aryl methyl sites for hydroxylation is 3. The Morgan fingerprint density at radius 2 is 1.95 bits per heavy atom. The van der Waals surface area contributed by atoms with Crippen LogP contribution in [-0.4, -0.2) is 29.3 Å². The molecular formula is C17H24ClNO. The van der Waals surface area contributed by atoms with Gasteiger partial charge in [0.05, 0.1) is 0 Å². The van der Waals surface area contributed by atoms with Gasteiger partial charge in [0, 0.05) is 24.0 Å². The summed E-state index contributed by atoms with van der Waals surface area (Å²) in [5.74, 6) is 0.887. The van der Waals surface area contributed by atoms with Gasteiger partial charge in [0.1, 0.15) is 0 Å². The Hall–Kier alpha value is -1.02. The highest BCUT2D eigenvalue weighted by Crippen LogP contribution is 2.26. The number of likely N-dealkylation sites (tertiary alicyclic amines) is 1. The molecule has 0 bridgehead atoms. The highest BCUT2D eigenvalue weighted by atomic mass is 35.5. The number of carbonyl (C=O) groups is 1. The lowest BCUT2D eigenvalue weighted by atomic mass is 9.98. The molecule has 0 aromatic heterocycles. The molecule has 2 rings (SSSR count). The molecule has 3 heteroatoms. The first-order valence-electron chi connectivity index (χ1n) is 7.49. The lowest BCUT2D eigenvalue weighted by Gasteiger charge is -2.26. The van der Waals surface area contributed by atoms with Crippen molar-refractivity contribution in [2.45, 2.75) is 52.5 Å². The van der Waals surface area contributed by atoms with Crippen molar-refractivity contribution in [2.75, 3.05) is 12.4 Å². The molecule has 0 aliphatic carbocycles. The zero-order chi connectivity index (χ0) is 14.7. The zero-order valence-corrected chi connectivity index (χ0v) is 13.5. The minimum absolute atomic E-state index is 0.206. The lowest BCUT2D eigenvalue weighted by Crippen LogP contribution is -2.36. The van der Waals surface area contributed by atoms with Crippen LogP contribution in [0.3, 0.4) is 0 Å². The Morgan fingerprint density at radius 3 is 2.55 bits per heavy atom. The second-order valence-electron chi connectivity index (χ2n) is 5.90. The van der Waals surface area contributed by atoms with E-state index in [0.717, 1.165) is 48.9 Å². The van der Waals surface area contributed by atoms with Crippen molar-refractivity contribution in [2.24, 2.45) is 0 Å². The number of nitrogens with zero attached hydrogens (tertiary/aromatic N) is 1. The largest absolute Gasteiger partial charge is 0.336 e. The zero-order valence-electron chi connectivity index (χ0n) is 12.7. The molecule has 1 atom stereocenters. The van der Waals surface area contributed by atoms with Crippen LogP contribution >= 0.6 is 11.6 Å². The van der Waals surface area contributed by atoms with Gasteiger partial charge in [-0.25, -0.2) is 0 Å². The summed E-state index contributed by atoms with van der Waals surface area (Å²) in [6, 6.07) is 4.58. The van der Waals surface area contributed by atoms with E-state index in [1.165, 1.54) is 5.56 Å². The molecule has 1 unspecified atom stereocenters. The Kier molecular flexibility index (Phi) is 5.09. The molecule has 0 N–H and O–H groups in total. The van der Waals surface area contributed by atoms with Crippen LogP contribution in [0.25, 0.3) is 0 Å². The van der Waals surface area contributed by atoms with Gasteiger partial charge in [-0.15, -0.1) is 11.6 Å². The van der Waals surface area contributed by atoms with Crippen LogP contribution in [0.2, 0.25) is 0 Å². The molecule has 0 radical (unpaired) electrons. The molecule has 1 saturated heterocycles. The topological polar surface area (TPSA) is 20.3 Å². The van der Waals surface area contributed by atoms with Crippen molar-refractivity contribution >= 4 is 17.5 Å². The third-order valence-corrected chi connectivity index (χ3v) is 4.47. The maximum absolute atomic E-state index is 12.9. The number of carbonyl (C=O) groups excluding carboxylic acids is 1. The van der Waals surface area contributed by atoms with Crippen molar-refractivity contribution in [3.8, 4) is 0 Å². The van der Waals surface area contributed by atoms with Gasteiger partial charge in [0.25, 0.3) is 5.91 Å². The summed E-state index contributed by atoms with van der Waals surface area (Å²) in [6.45, 7) is 7.04. The van der Waals surface area contributed by atoms with Crippen molar-refractivity contribution in [3.05, 3.63) is 34.4 Å². The molecule has 0 spiro atoms. The minimum atomic E-state index is 0.206. The Balaban J connectivity index is 2.22. The normalized spacial score (nSPS) is 18.6. The molecular weight excluding hydrogens is 270 g/mol. The molecule has 1 fully saturated rings. The number of amides is 1. The van der Waals surface area contributed by atoms with E-state index in [2.05, 4.69) is 24.0 Å². The molecule has 2 nitrogen and oxygen atoms in total. The number of alkyl halides is 1. The molecule has 1 aliphatic heterocycles. The van der Waals surface area contributed by atoms with E-state index in [4.69, 9.17) is 11.6 Å². The van der Waals surface area contributed by atoms with Crippen LogP contribution in [0.5, 0.6) is 0 Å². The molecule has 1 amide bonds. The third kappa shape index (κ3) is 3.17. The average Bonchev–Trinajstić information content (AvgIpc) is 2.83. The summed E-state index contributed by atoms with van der Waals surface area (Å²) >= 11 is 5.79. The van der Waals surface area contributed by atoms with Crippen LogP contribution in [0.4, 0.5) is 0 Å². The van der Waals surface area contributed by atoms with Gasteiger partial charge >= 0.3 is 0 Å². The standard InChI is InChI=1S/C17H24ClNO/c1-12-10-13(2)16(14(3)11-12)17(20)19-9-5-7-15(19)6-4-8-18/h10-11,15H,4-9H2,1-3H3. The maximum Gasteiger partial charge on any atom is 0.254 e. The highest BCUT2D eigenvalue weighted by molar-refractivity contribution is 6.17. The second-order valence-corrected chi connectivity index (χ2v) is 6.28. The van der Waals surface area contributed by atoms with E-state index in [1.54, 1.807) is 0 Å². The van der Waals surface area contributed by atoms with E-state index in [0.29, 0.717) is 11.9 Å². The fraction of sp³-hybridized carbons (Fsp3) is 0.588. The molecule has 110 valence electrons. The maximum atomic E-state index is 12.9. The number of halogens is 1.